The largest absolute Gasteiger partial charge is 3.00 e. The van der Waals surface area contributed by atoms with E-state index < -0.39 is 0 Å². The first-order valence-electron chi connectivity index (χ1n) is 2.89. The molecule has 0 spiro atoms. The van der Waals surface area contributed by atoms with Crippen LogP contribution in [0.15, 0.2) is 12.5 Å². The zero-order valence-electron chi connectivity index (χ0n) is 6.70. The fourth-order valence-corrected chi connectivity index (χ4v) is 0.282. The van der Waals surface area contributed by atoms with Crippen molar-refractivity contribution in [2.45, 2.75) is 13.8 Å². The van der Waals surface area contributed by atoms with Gasteiger partial charge in [-0.15, -0.1) is 6.20 Å². The fraction of sp³-hybridized carbons (Fsp3) is 0.429. The first kappa shape index (κ1) is 12.9. The number of hydrogen-bond donors (Lipinski definition) is 0. The minimum absolute atomic E-state index is 0. The van der Waals surface area contributed by atoms with Crippen molar-refractivity contribution >= 4 is 0 Å². The van der Waals surface area contributed by atoms with Gasteiger partial charge in [0.1, 0.15) is 0 Å². The van der Waals surface area contributed by atoms with Gasteiger partial charge in [-0.05, 0) is 7.05 Å². The Hall–Kier alpha value is 0.314. The molecule has 0 radical (unpaired) electrons. The summed E-state index contributed by atoms with van der Waals surface area (Å²) in [6.07, 6.45) is 8.10. The van der Waals surface area contributed by atoms with E-state index in [-0.39, 0.29) is 32.7 Å². The molecule has 1 aromatic rings. The third-order valence-corrected chi connectivity index (χ3v) is 0.576. The van der Waals surface area contributed by atoms with Gasteiger partial charge in [-0.2, -0.15) is 13.8 Å². The molecule has 0 saturated carbocycles. The molecule has 0 aliphatic rings. The molecule has 1 aromatic heterocycles. The predicted octanol–water partition coefficient (Wildman–Crippen LogP) is 1.45. The molecule has 0 aliphatic heterocycles. The summed E-state index contributed by atoms with van der Waals surface area (Å²) in [5.74, 6) is 0. The minimum Gasteiger partial charge on any atom is -0.442 e. The Morgan fingerprint density at radius 2 is 2.00 bits per heavy atom. The number of hydrogen-bond acceptors (Lipinski definition) is 1. The van der Waals surface area contributed by atoms with E-state index in [0.29, 0.717) is 0 Å². The Kier molecular flexibility index (Phi) is 12.1. The van der Waals surface area contributed by atoms with Crippen LogP contribution in [-0.2, 0) is 39.8 Å². The summed E-state index contributed by atoms with van der Waals surface area (Å²) < 4.78 is 1.83. The summed E-state index contributed by atoms with van der Waals surface area (Å²) >= 11 is 0. The molecule has 0 atom stereocenters. The molecule has 0 unspecified atom stereocenters. The van der Waals surface area contributed by atoms with Gasteiger partial charge >= 0.3 is 32.7 Å². The van der Waals surface area contributed by atoms with Crippen LogP contribution in [0.2, 0.25) is 0 Å². The molecule has 1 rings (SSSR count). The number of imidazole rings is 1. The van der Waals surface area contributed by atoms with E-state index in [1.165, 1.54) is 0 Å². The molecule has 0 saturated heterocycles. The van der Waals surface area contributed by atoms with Gasteiger partial charge in [-0.3, -0.25) is 0 Å². The molecule has 3 heteroatoms. The van der Waals surface area contributed by atoms with Gasteiger partial charge in [-0.1, -0.05) is 12.5 Å². The van der Waals surface area contributed by atoms with E-state index >= 15 is 0 Å². The normalized spacial score (nSPS) is 7.10. The van der Waals surface area contributed by atoms with Crippen LogP contribution in [0.5, 0.6) is 0 Å². The molecule has 0 aromatic carbocycles. The maximum Gasteiger partial charge on any atom is 3.00 e. The molecule has 0 N–H and O–H groups in total. The van der Waals surface area contributed by atoms with Gasteiger partial charge in [0, 0.05) is 0 Å². The van der Waals surface area contributed by atoms with E-state index in [1.54, 1.807) is 12.5 Å². The van der Waals surface area contributed by atoms with Crippen LogP contribution in [0.1, 0.15) is 13.8 Å². The van der Waals surface area contributed by atoms with E-state index in [2.05, 4.69) is 11.2 Å². The standard InChI is InChI=1S/C4H5N2.C3H7.Y/c1-6-3-2-5-4-6;1-3-2;/h3-4H,1H3;3H,1-2H3;/q2*-1;+3. The molecular weight excluding hydrogens is 201 g/mol. The molecule has 52 valence electrons. The second-order valence-corrected chi connectivity index (χ2v) is 1.75. The van der Waals surface area contributed by atoms with Crippen LogP contribution >= 0.6 is 0 Å². The van der Waals surface area contributed by atoms with Crippen molar-refractivity contribution in [3.63, 3.8) is 0 Å². The molecule has 0 bridgehead atoms. The molecule has 10 heavy (non-hydrogen) atoms. The van der Waals surface area contributed by atoms with Gasteiger partial charge in [0.15, 0.2) is 0 Å². The first-order valence-corrected chi connectivity index (χ1v) is 2.89. The SMILES string of the molecule is C[CH-]C.Cn1c[c-]nc1.[Y+3]. The van der Waals surface area contributed by atoms with Crippen LogP contribution in [0.25, 0.3) is 0 Å². The van der Waals surface area contributed by atoms with Gasteiger partial charge in [0.25, 0.3) is 0 Å². The van der Waals surface area contributed by atoms with Crippen molar-refractivity contribution in [1.29, 1.82) is 0 Å². The van der Waals surface area contributed by atoms with Gasteiger partial charge in [0.05, 0.1) is 0 Å². The summed E-state index contributed by atoms with van der Waals surface area (Å²) in [4.78, 5) is 3.66. The van der Waals surface area contributed by atoms with Crippen molar-refractivity contribution in [3.05, 3.63) is 25.1 Å². The minimum atomic E-state index is 0. The van der Waals surface area contributed by atoms with Crippen molar-refractivity contribution in [1.82, 2.24) is 9.55 Å². The molecule has 0 fully saturated rings. The van der Waals surface area contributed by atoms with Crippen molar-refractivity contribution in [2.24, 2.45) is 7.05 Å². The number of aromatic nitrogens is 2. The van der Waals surface area contributed by atoms with Gasteiger partial charge < -0.3 is 16.0 Å². The fourth-order valence-electron chi connectivity index (χ4n) is 0.282. The second kappa shape index (κ2) is 9.31. The van der Waals surface area contributed by atoms with Gasteiger partial charge in [0.2, 0.25) is 0 Å². The van der Waals surface area contributed by atoms with E-state index in [9.17, 15) is 0 Å². The summed E-state index contributed by atoms with van der Waals surface area (Å²) in [6, 6.07) is 0. The van der Waals surface area contributed by atoms with Crippen LogP contribution in [-0.4, -0.2) is 9.55 Å². The Bertz CT molecular complexity index is 126. The monoisotopic (exact) mass is 213 g/mol. The number of aryl methyl sites for hydroxylation is 1. The van der Waals surface area contributed by atoms with Crippen molar-refractivity contribution in [2.75, 3.05) is 0 Å². The molecule has 0 amide bonds. The average molecular weight is 213 g/mol. The third-order valence-electron chi connectivity index (χ3n) is 0.576. The van der Waals surface area contributed by atoms with Crippen LogP contribution in [0.4, 0.5) is 0 Å². The average Bonchev–Trinajstić information content (AvgIpc) is 2.20. The molecular formula is C7H12N2Y+. The zero-order valence-corrected chi connectivity index (χ0v) is 9.54. The summed E-state index contributed by atoms with van der Waals surface area (Å²) in [5, 5.41) is 0. The second-order valence-electron chi connectivity index (χ2n) is 1.75. The zero-order chi connectivity index (χ0) is 7.11. The van der Waals surface area contributed by atoms with E-state index in [4.69, 9.17) is 0 Å². The van der Waals surface area contributed by atoms with Crippen LogP contribution in [0, 0.1) is 12.6 Å². The number of rotatable bonds is 0. The third kappa shape index (κ3) is 8.31. The summed E-state index contributed by atoms with van der Waals surface area (Å²) in [7, 11) is 1.91. The van der Waals surface area contributed by atoms with Crippen molar-refractivity contribution < 1.29 is 32.7 Å². The van der Waals surface area contributed by atoms with E-state index in [1.807, 2.05) is 31.9 Å². The van der Waals surface area contributed by atoms with E-state index in [0.717, 1.165) is 0 Å². The summed E-state index contributed by atoms with van der Waals surface area (Å²) in [6.45, 7) is 4.00. The van der Waals surface area contributed by atoms with Gasteiger partial charge in [-0.25, -0.2) is 0 Å². The first-order chi connectivity index (χ1) is 4.31. The smallest absolute Gasteiger partial charge is 0.442 e. The quantitative estimate of drug-likeness (QED) is 0.596. The van der Waals surface area contributed by atoms with Crippen LogP contribution in [0.3, 0.4) is 0 Å². The molecule has 2 nitrogen and oxygen atoms in total. The predicted molar refractivity (Wildman–Crippen MR) is 37.7 cm³/mol. The number of nitrogens with zero attached hydrogens (tertiary/aromatic N) is 2. The topological polar surface area (TPSA) is 17.8 Å². The maximum absolute atomic E-state index is 3.66. The Balaban J connectivity index is 0. The maximum atomic E-state index is 3.66. The van der Waals surface area contributed by atoms with Crippen molar-refractivity contribution in [3.8, 4) is 0 Å². The molecule has 0 aliphatic carbocycles. The molecule has 1 heterocycles. The van der Waals surface area contributed by atoms with Crippen LogP contribution < -0.4 is 0 Å². The summed E-state index contributed by atoms with van der Waals surface area (Å²) in [5.41, 5.74) is 0. The Morgan fingerprint density at radius 3 is 2.10 bits per heavy atom. The Labute approximate surface area is 87.9 Å². The Morgan fingerprint density at radius 1 is 1.50 bits per heavy atom.